The molecule has 2 saturated heterocycles. The van der Waals surface area contributed by atoms with E-state index >= 15 is 0 Å². The van der Waals surface area contributed by atoms with Gasteiger partial charge in [0.25, 0.3) is 0 Å². The molecule has 2 fully saturated rings. The monoisotopic (exact) mass is 372 g/mol. The number of rotatable bonds is 5. The molecule has 148 valence electrons. The Kier molecular flexibility index (Phi) is 6.15. The molecule has 2 aliphatic heterocycles. The molecule has 0 aromatic carbocycles. The topological polar surface area (TPSA) is 56.8 Å². The summed E-state index contributed by atoms with van der Waals surface area (Å²) in [7, 11) is 3.89. The summed E-state index contributed by atoms with van der Waals surface area (Å²) in [4.78, 5) is 35.2. The van der Waals surface area contributed by atoms with Crippen LogP contribution < -0.4 is 0 Å². The average molecular weight is 373 g/mol. The highest BCUT2D eigenvalue weighted by molar-refractivity contribution is 5.81. The van der Waals surface area contributed by atoms with Gasteiger partial charge in [0.2, 0.25) is 11.8 Å². The third-order valence-electron chi connectivity index (χ3n) is 6.41. The van der Waals surface area contributed by atoms with Crippen molar-refractivity contribution >= 4 is 11.8 Å². The van der Waals surface area contributed by atoms with Crippen molar-refractivity contribution in [2.75, 3.05) is 40.3 Å². The Bertz CT molecular complexity index is 653. The zero-order valence-corrected chi connectivity index (χ0v) is 16.9. The van der Waals surface area contributed by atoms with Crippen LogP contribution in [0.5, 0.6) is 0 Å². The Morgan fingerprint density at radius 2 is 2.04 bits per heavy atom. The van der Waals surface area contributed by atoms with Crippen molar-refractivity contribution < 1.29 is 9.59 Å². The molecule has 6 heteroatoms. The molecule has 3 rings (SSSR count). The van der Waals surface area contributed by atoms with Crippen molar-refractivity contribution in [3.63, 3.8) is 0 Å². The maximum absolute atomic E-state index is 12.6. The zero-order chi connectivity index (χ0) is 19.4. The van der Waals surface area contributed by atoms with Gasteiger partial charge in [0, 0.05) is 45.0 Å². The molecule has 1 aromatic heterocycles. The number of aromatic nitrogens is 1. The van der Waals surface area contributed by atoms with E-state index in [4.69, 9.17) is 0 Å². The first-order chi connectivity index (χ1) is 12.9. The quantitative estimate of drug-likeness (QED) is 0.791. The molecular formula is C21H32N4O2. The van der Waals surface area contributed by atoms with Gasteiger partial charge in [0.1, 0.15) is 0 Å². The van der Waals surface area contributed by atoms with Gasteiger partial charge in [-0.1, -0.05) is 6.07 Å². The lowest BCUT2D eigenvalue weighted by Gasteiger charge is -2.48. The average Bonchev–Trinajstić information content (AvgIpc) is 2.69. The lowest BCUT2D eigenvalue weighted by Crippen LogP contribution is -2.54. The first kappa shape index (κ1) is 19.8. The Morgan fingerprint density at radius 3 is 2.67 bits per heavy atom. The first-order valence-corrected chi connectivity index (χ1v) is 10.0. The second-order valence-corrected chi connectivity index (χ2v) is 8.39. The van der Waals surface area contributed by atoms with E-state index in [9.17, 15) is 9.59 Å². The molecule has 0 N–H and O–H groups in total. The molecule has 6 nitrogen and oxygen atoms in total. The highest BCUT2D eigenvalue weighted by Crippen LogP contribution is 2.40. The molecule has 1 spiro atoms. The summed E-state index contributed by atoms with van der Waals surface area (Å²) in [6.45, 7) is 5.17. The van der Waals surface area contributed by atoms with E-state index in [2.05, 4.69) is 11.1 Å². The fraction of sp³-hybridized carbons (Fsp3) is 0.667. The highest BCUT2D eigenvalue weighted by atomic mass is 16.2. The fourth-order valence-electron chi connectivity index (χ4n) is 4.21. The second-order valence-electron chi connectivity index (χ2n) is 8.39. The molecule has 0 bridgehead atoms. The van der Waals surface area contributed by atoms with Crippen LogP contribution in [0.15, 0.2) is 24.5 Å². The van der Waals surface area contributed by atoms with Gasteiger partial charge in [0.15, 0.2) is 0 Å². The van der Waals surface area contributed by atoms with E-state index in [0.29, 0.717) is 6.42 Å². The van der Waals surface area contributed by atoms with Crippen LogP contribution in [-0.4, -0.2) is 77.8 Å². The standard InChI is InChI=1S/C21H32N4O2/c1-17(23(2)3)20(27)24-13-9-21(10-14-24)8-6-19(26)25(16-21)12-7-18-5-4-11-22-15-18/h4-5,11,15,17H,6-10,12-14,16H2,1-3H3/t17-/m1/s1. The lowest BCUT2D eigenvalue weighted by atomic mass is 9.72. The lowest BCUT2D eigenvalue weighted by molar-refractivity contribution is -0.144. The number of hydrogen-bond acceptors (Lipinski definition) is 4. The van der Waals surface area contributed by atoms with Crippen LogP contribution in [0.3, 0.4) is 0 Å². The van der Waals surface area contributed by atoms with Crippen LogP contribution in [0.4, 0.5) is 0 Å². The SMILES string of the molecule is C[C@H](C(=O)N1CCC2(CCC(=O)N(CCc3cccnc3)C2)CC1)N(C)C. The number of amides is 2. The molecule has 1 atom stereocenters. The number of likely N-dealkylation sites (tertiary alicyclic amines) is 2. The van der Waals surface area contributed by atoms with Crippen LogP contribution in [0.2, 0.25) is 0 Å². The molecule has 0 saturated carbocycles. The minimum atomic E-state index is -0.0806. The fourth-order valence-corrected chi connectivity index (χ4v) is 4.21. The number of likely N-dealkylation sites (N-methyl/N-ethyl adjacent to an activating group) is 1. The number of carbonyl (C=O) groups is 2. The summed E-state index contributed by atoms with van der Waals surface area (Å²) in [5.74, 6) is 0.486. The summed E-state index contributed by atoms with van der Waals surface area (Å²) in [6.07, 6.45) is 8.08. The smallest absolute Gasteiger partial charge is 0.239 e. The summed E-state index contributed by atoms with van der Waals surface area (Å²) < 4.78 is 0. The molecule has 0 unspecified atom stereocenters. The molecular weight excluding hydrogens is 340 g/mol. The van der Waals surface area contributed by atoms with Crippen molar-refractivity contribution in [1.82, 2.24) is 19.7 Å². The number of pyridine rings is 1. The Hall–Kier alpha value is -1.95. The van der Waals surface area contributed by atoms with E-state index < -0.39 is 0 Å². The highest BCUT2D eigenvalue weighted by Gasteiger charge is 2.42. The van der Waals surface area contributed by atoms with E-state index in [1.54, 1.807) is 6.20 Å². The van der Waals surface area contributed by atoms with Crippen molar-refractivity contribution in [2.24, 2.45) is 5.41 Å². The Labute approximate surface area is 162 Å². The normalized spacial score (nSPS) is 21.0. The van der Waals surface area contributed by atoms with E-state index in [-0.39, 0.29) is 23.3 Å². The maximum atomic E-state index is 12.6. The van der Waals surface area contributed by atoms with Gasteiger partial charge in [-0.3, -0.25) is 19.5 Å². The number of carbonyl (C=O) groups excluding carboxylic acids is 2. The zero-order valence-electron chi connectivity index (χ0n) is 16.9. The predicted molar refractivity (Wildman–Crippen MR) is 105 cm³/mol. The number of hydrogen-bond donors (Lipinski definition) is 0. The maximum Gasteiger partial charge on any atom is 0.239 e. The largest absolute Gasteiger partial charge is 0.342 e. The van der Waals surface area contributed by atoms with Crippen LogP contribution in [0, 0.1) is 5.41 Å². The van der Waals surface area contributed by atoms with Gasteiger partial charge >= 0.3 is 0 Å². The Balaban J connectivity index is 1.56. The summed E-state index contributed by atoms with van der Waals surface area (Å²) in [5.41, 5.74) is 1.35. The van der Waals surface area contributed by atoms with Crippen molar-refractivity contribution in [3.8, 4) is 0 Å². The molecule has 0 aliphatic carbocycles. The van der Waals surface area contributed by atoms with Gasteiger partial charge in [-0.2, -0.15) is 0 Å². The molecule has 1 aromatic rings. The summed E-state index contributed by atoms with van der Waals surface area (Å²) in [6, 6.07) is 3.92. The van der Waals surface area contributed by atoms with E-state index in [1.165, 1.54) is 5.56 Å². The van der Waals surface area contributed by atoms with E-state index in [1.807, 2.05) is 48.0 Å². The van der Waals surface area contributed by atoms with Gasteiger partial charge in [0.05, 0.1) is 6.04 Å². The minimum absolute atomic E-state index is 0.0806. The van der Waals surface area contributed by atoms with Crippen LogP contribution in [0.1, 0.15) is 38.2 Å². The minimum Gasteiger partial charge on any atom is -0.342 e. The number of nitrogens with zero attached hydrogens (tertiary/aromatic N) is 4. The molecule has 3 heterocycles. The van der Waals surface area contributed by atoms with Crippen molar-refractivity contribution in [1.29, 1.82) is 0 Å². The van der Waals surface area contributed by atoms with Gasteiger partial charge in [-0.25, -0.2) is 0 Å². The van der Waals surface area contributed by atoms with Gasteiger partial charge < -0.3 is 9.80 Å². The predicted octanol–water partition coefficient (Wildman–Crippen LogP) is 1.81. The third-order valence-corrected chi connectivity index (χ3v) is 6.41. The van der Waals surface area contributed by atoms with Crippen LogP contribution in [0.25, 0.3) is 0 Å². The van der Waals surface area contributed by atoms with Crippen molar-refractivity contribution in [3.05, 3.63) is 30.1 Å². The molecule has 2 amide bonds. The van der Waals surface area contributed by atoms with Gasteiger partial charge in [-0.15, -0.1) is 0 Å². The molecule has 27 heavy (non-hydrogen) atoms. The summed E-state index contributed by atoms with van der Waals surface area (Å²) in [5, 5.41) is 0. The Morgan fingerprint density at radius 1 is 1.30 bits per heavy atom. The molecule has 2 aliphatic rings. The van der Waals surface area contributed by atoms with Crippen molar-refractivity contribution in [2.45, 2.75) is 45.1 Å². The first-order valence-electron chi connectivity index (χ1n) is 10.0. The van der Waals surface area contributed by atoms with Crippen LogP contribution >= 0.6 is 0 Å². The summed E-state index contributed by atoms with van der Waals surface area (Å²) >= 11 is 0. The number of piperidine rings is 2. The van der Waals surface area contributed by atoms with E-state index in [0.717, 1.165) is 51.9 Å². The van der Waals surface area contributed by atoms with Crippen LogP contribution in [-0.2, 0) is 16.0 Å². The molecule has 0 radical (unpaired) electrons. The third kappa shape index (κ3) is 4.67. The van der Waals surface area contributed by atoms with Gasteiger partial charge in [-0.05, 0) is 63.7 Å². The second kappa shape index (κ2) is 8.38.